The molecule has 0 rings (SSSR count). The number of hydrogen-bond acceptors (Lipinski definition) is 6. The van der Waals surface area contributed by atoms with Gasteiger partial charge in [0.1, 0.15) is 13.2 Å². The van der Waals surface area contributed by atoms with E-state index in [1.54, 1.807) is 0 Å². The lowest BCUT2D eigenvalue weighted by atomic mass is 10.0. The van der Waals surface area contributed by atoms with E-state index in [2.05, 4.69) is 45.1 Å². The molecule has 6 heteroatoms. The van der Waals surface area contributed by atoms with E-state index in [-0.39, 0.29) is 31.1 Å². The third-order valence-corrected chi connectivity index (χ3v) is 13.2. The average molecular weight is 930 g/mol. The molecule has 0 fully saturated rings. The zero-order valence-corrected chi connectivity index (χ0v) is 44.5. The van der Waals surface area contributed by atoms with Gasteiger partial charge in [0.2, 0.25) is 0 Å². The maximum atomic E-state index is 12.6. The number of carbonyl (C=O) groups is 3. The van der Waals surface area contributed by atoms with Crippen molar-refractivity contribution >= 4 is 17.9 Å². The number of esters is 3. The van der Waals surface area contributed by atoms with Crippen molar-refractivity contribution in [1.29, 1.82) is 0 Å². The highest BCUT2D eigenvalue weighted by atomic mass is 16.6. The highest BCUT2D eigenvalue weighted by Crippen LogP contribution is 2.17. The van der Waals surface area contributed by atoms with Crippen LogP contribution in [0.1, 0.15) is 323 Å². The van der Waals surface area contributed by atoms with Gasteiger partial charge in [-0.2, -0.15) is 0 Å². The van der Waals surface area contributed by atoms with Gasteiger partial charge in [-0.05, 0) is 51.4 Å². The topological polar surface area (TPSA) is 78.9 Å². The van der Waals surface area contributed by atoms with Crippen LogP contribution in [0.15, 0.2) is 24.3 Å². The Bertz CT molecular complexity index is 1070. The normalized spacial score (nSPS) is 12.1. The van der Waals surface area contributed by atoms with Crippen molar-refractivity contribution in [2.45, 2.75) is 329 Å². The fraction of sp³-hybridized carbons (Fsp3) is 0.883. The van der Waals surface area contributed by atoms with Gasteiger partial charge in [-0.25, -0.2) is 0 Å². The maximum absolute atomic E-state index is 12.6. The lowest BCUT2D eigenvalue weighted by molar-refractivity contribution is -0.167. The second-order valence-electron chi connectivity index (χ2n) is 19.9. The lowest BCUT2D eigenvalue weighted by Gasteiger charge is -2.18. The molecule has 0 spiro atoms. The van der Waals surface area contributed by atoms with Crippen LogP contribution in [0.25, 0.3) is 0 Å². The van der Waals surface area contributed by atoms with Crippen molar-refractivity contribution < 1.29 is 28.6 Å². The number of carbonyl (C=O) groups excluding carboxylic acids is 3. The summed E-state index contributed by atoms with van der Waals surface area (Å²) in [6.07, 6.45) is 65.6. The van der Waals surface area contributed by atoms with E-state index in [9.17, 15) is 14.4 Å². The largest absolute Gasteiger partial charge is 0.462 e. The zero-order valence-electron chi connectivity index (χ0n) is 44.5. The predicted octanol–water partition coefficient (Wildman–Crippen LogP) is 19.5. The molecular weight excluding hydrogens is 817 g/mol. The first kappa shape index (κ1) is 63.9. The number of ether oxygens (including phenoxy) is 3. The van der Waals surface area contributed by atoms with Crippen LogP contribution in [-0.4, -0.2) is 37.2 Å². The third kappa shape index (κ3) is 52.9. The van der Waals surface area contributed by atoms with Crippen LogP contribution >= 0.6 is 0 Å². The van der Waals surface area contributed by atoms with Gasteiger partial charge in [-0.3, -0.25) is 14.4 Å². The van der Waals surface area contributed by atoms with E-state index in [1.807, 2.05) is 0 Å². The van der Waals surface area contributed by atoms with Crippen molar-refractivity contribution in [3.05, 3.63) is 24.3 Å². The summed E-state index contributed by atoms with van der Waals surface area (Å²) in [5.41, 5.74) is 0. The smallest absolute Gasteiger partial charge is 0.306 e. The molecule has 0 aliphatic rings. The summed E-state index contributed by atoms with van der Waals surface area (Å²) in [7, 11) is 0. The average Bonchev–Trinajstić information content (AvgIpc) is 3.31. The van der Waals surface area contributed by atoms with Gasteiger partial charge in [0.25, 0.3) is 0 Å². The van der Waals surface area contributed by atoms with Crippen molar-refractivity contribution in [2.75, 3.05) is 13.2 Å². The number of hydrogen-bond donors (Lipinski definition) is 0. The van der Waals surface area contributed by atoms with E-state index < -0.39 is 6.10 Å². The van der Waals surface area contributed by atoms with E-state index in [4.69, 9.17) is 14.2 Å². The summed E-state index contributed by atoms with van der Waals surface area (Å²) < 4.78 is 16.6. The minimum atomic E-state index is -0.759. The Morgan fingerprint density at radius 3 is 0.833 bits per heavy atom. The summed E-state index contributed by atoms with van der Waals surface area (Å²) in [6, 6.07) is 0. The molecule has 0 aromatic rings. The van der Waals surface area contributed by atoms with Gasteiger partial charge >= 0.3 is 17.9 Å². The lowest BCUT2D eigenvalue weighted by Crippen LogP contribution is -2.30. The van der Waals surface area contributed by atoms with Crippen LogP contribution in [0.2, 0.25) is 0 Å². The van der Waals surface area contributed by atoms with E-state index >= 15 is 0 Å². The zero-order chi connectivity index (χ0) is 47.9. The number of unbranched alkanes of at least 4 members (excludes halogenated alkanes) is 39. The highest BCUT2D eigenvalue weighted by Gasteiger charge is 2.19. The summed E-state index contributed by atoms with van der Waals surface area (Å²) >= 11 is 0. The fourth-order valence-electron chi connectivity index (χ4n) is 8.77. The molecule has 0 saturated heterocycles. The quantitative estimate of drug-likeness (QED) is 0.0262. The molecule has 1 atom stereocenters. The van der Waals surface area contributed by atoms with Crippen LogP contribution in [0.5, 0.6) is 0 Å². The molecule has 0 aromatic carbocycles. The minimum absolute atomic E-state index is 0.0661. The molecule has 0 N–H and O–H groups in total. The minimum Gasteiger partial charge on any atom is -0.462 e. The van der Waals surface area contributed by atoms with Gasteiger partial charge in [0.05, 0.1) is 0 Å². The van der Waals surface area contributed by atoms with Crippen LogP contribution < -0.4 is 0 Å². The Kier molecular flexibility index (Phi) is 53.7. The molecule has 0 bridgehead atoms. The first-order valence-electron chi connectivity index (χ1n) is 29.3. The standard InChI is InChI=1S/C60H112O6/c1-4-7-10-13-15-17-18-19-20-21-22-23-24-25-26-27-28-29-30-31-32-33-34-35-36-37-38-39-40-41-42-43-45-47-50-53-59(62)65-56-57(55-64-58(61)52-49-46-12-9-6-3)66-60(63)54-51-48-44-16-14-11-8-5-2/h18-19,21-22,57H,4-17,20,23-56H2,1-3H3/b19-18-,22-21-. The van der Waals surface area contributed by atoms with Crippen LogP contribution in [0, 0.1) is 0 Å². The SMILES string of the molecule is CCCCCCC/C=C\C/C=C\CCCCCCCCCCCCCCCCCCCCCCCCCC(=O)OCC(COC(=O)CCCCCCC)OC(=O)CCCCCCCCCC. The van der Waals surface area contributed by atoms with Crippen LogP contribution in [0.4, 0.5) is 0 Å². The van der Waals surface area contributed by atoms with Crippen LogP contribution in [0.3, 0.4) is 0 Å². The molecule has 0 amide bonds. The van der Waals surface area contributed by atoms with E-state index in [1.165, 1.54) is 212 Å². The third-order valence-electron chi connectivity index (χ3n) is 13.2. The van der Waals surface area contributed by atoms with Crippen molar-refractivity contribution in [2.24, 2.45) is 0 Å². The Hall–Kier alpha value is -2.11. The monoisotopic (exact) mass is 929 g/mol. The molecule has 1 unspecified atom stereocenters. The van der Waals surface area contributed by atoms with Crippen molar-refractivity contribution in [1.82, 2.24) is 0 Å². The molecule has 6 nitrogen and oxygen atoms in total. The van der Waals surface area contributed by atoms with Gasteiger partial charge in [0.15, 0.2) is 6.10 Å². The Labute approximate surface area is 411 Å². The molecule has 0 radical (unpaired) electrons. The number of allylic oxidation sites excluding steroid dienone is 4. The van der Waals surface area contributed by atoms with Crippen LogP contribution in [-0.2, 0) is 28.6 Å². The second kappa shape index (κ2) is 55.5. The summed E-state index contributed by atoms with van der Waals surface area (Å²) in [5.74, 6) is -0.871. The molecule has 388 valence electrons. The first-order chi connectivity index (χ1) is 32.5. The molecule has 66 heavy (non-hydrogen) atoms. The Morgan fingerprint density at radius 1 is 0.303 bits per heavy atom. The summed E-state index contributed by atoms with van der Waals surface area (Å²) in [5, 5.41) is 0. The van der Waals surface area contributed by atoms with Gasteiger partial charge < -0.3 is 14.2 Å². The maximum Gasteiger partial charge on any atom is 0.306 e. The second-order valence-corrected chi connectivity index (χ2v) is 19.9. The van der Waals surface area contributed by atoms with E-state index in [0.29, 0.717) is 19.3 Å². The van der Waals surface area contributed by atoms with Gasteiger partial charge in [-0.1, -0.05) is 276 Å². The molecule has 0 aromatic heterocycles. The highest BCUT2D eigenvalue weighted by molar-refractivity contribution is 5.71. The molecule has 0 saturated carbocycles. The van der Waals surface area contributed by atoms with E-state index in [0.717, 1.165) is 70.6 Å². The van der Waals surface area contributed by atoms with Gasteiger partial charge in [0, 0.05) is 19.3 Å². The fourth-order valence-corrected chi connectivity index (χ4v) is 8.77. The predicted molar refractivity (Wildman–Crippen MR) is 284 cm³/mol. The Balaban J connectivity index is 3.73. The Morgan fingerprint density at radius 2 is 0.545 bits per heavy atom. The number of rotatable bonds is 54. The summed E-state index contributed by atoms with van der Waals surface area (Å²) in [6.45, 7) is 6.54. The molecule has 0 heterocycles. The molecule has 0 aliphatic heterocycles. The molecule has 0 aliphatic carbocycles. The van der Waals surface area contributed by atoms with Crippen molar-refractivity contribution in [3.63, 3.8) is 0 Å². The first-order valence-corrected chi connectivity index (χ1v) is 29.3. The van der Waals surface area contributed by atoms with Gasteiger partial charge in [-0.15, -0.1) is 0 Å². The molecular formula is C60H112O6. The summed E-state index contributed by atoms with van der Waals surface area (Å²) in [4.78, 5) is 37.5. The van der Waals surface area contributed by atoms with Crippen molar-refractivity contribution in [3.8, 4) is 0 Å².